The molecule has 2 aliphatic heterocycles. The molecule has 0 saturated carbocycles. The van der Waals surface area contributed by atoms with Crippen molar-refractivity contribution in [3.8, 4) is 0 Å². The lowest BCUT2D eigenvalue weighted by molar-refractivity contribution is 0.0148. The minimum atomic E-state index is -0.473. The number of hydrogen-bond donors (Lipinski definition) is 2. The maximum Gasteiger partial charge on any atom is 0.410 e. The van der Waals surface area contributed by atoms with Crippen LogP contribution in [0.1, 0.15) is 41.0 Å². The highest BCUT2D eigenvalue weighted by Gasteiger charge is 2.26. The fourth-order valence-electron chi connectivity index (χ4n) is 6.28. The van der Waals surface area contributed by atoms with E-state index in [1.165, 1.54) is 11.4 Å². The van der Waals surface area contributed by atoms with E-state index in [0.29, 0.717) is 19.0 Å². The number of carbonyl (C=O) groups excluding carboxylic acids is 1. The highest BCUT2D eigenvalue weighted by molar-refractivity contribution is 5.92. The van der Waals surface area contributed by atoms with Gasteiger partial charge in [0.2, 0.25) is 0 Å². The fraction of sp³-hybridized carbons (Fsp3) is 0.528. The van der Waals surface area contributed by atoms with Gasteiger partial charge in [0, 0.05) is 94.1 Å². The van der Waals surface area contributed by atoms with Crippen LogP contribution in [0.2, 0.25) is 0 Å². The quantitative estimate of drug-likeness (QED) is 0.232. The zero-order valence-electron chi connectivity index (χ0n) is 29.1. The van der Waals surface area contributed by atoms with Crippen LogP contribution in [0.4, 0.5) is 27.8 Å². The van der Waals surface area contributed by atoms with Crippen molar-refractivity contribution < 1.29 is 9.53 Å². The molecule has 2 fully saturated rings. The number of aromatic nitrogens is 4. The van der Waals surface area contributed by atoms with Crippen molar-refractivity contribution >= 4 is 50.9 Å². The predicted molar refractivity (Wildman–Crippen MR) is 194 cm³/mol. The molecule has 0 unspecified atom stereocenters. The highest BCUT2D eigenvalue weighted by Crippen LogP contribution is 2.29. The maximum absolute atomic E-state index is 12.4. The minimum absolute atomic E-state index is 0.228. The molecule has 2 aromatic carbocycles. The first-order valence-electron chi connectivity index (χ1n) is 17.3. The second-order valence-electron chi connectivity index (χ2n) is 14.2. The summed E-state index contributed by atoms with van der Waals surface area (Å²) < 4.78 is 5.52. The van der Waals surface area contributed by atoms with Crippen molar-refractivity contribution in [3.05, 3.63) is 49.1 Å². The molecule has 0 atom stereocenters. The third-order valence-corrected chi connectivity index (χ3v) is 9.01. The van der Waals surface area contributed by atoms with E-state index in [9.17, 15) is 4.79 Å². The topological polar surface area (TPSA) is 115 Å². The zero-order valence-corrected chi connectivity index (χ0v) is 29.1. The van der Waals surface area contributed by atoms with Crippen molar-refractivity contribution in [1.82, 2.24) is 29.7 Å². The van der Waals surface area contributed by atoms with Gasteiger partial charge in [-0.1, -0.05) is 13.8 Å². The van der Waals surface area contributed by atoms with E-state index < -0.39 is 5.60 Å². The number of hydrogen-bond acceptors (Lipinski definition) is 11. The molecule has 0 aliphatic carbocycles. The number of nitrogens with one attached hydrogen (secondary N) is 2. The number of anilines is 4. The monoisotopic (exact) mass is 654 g/mol. The summed E-state index contributed by atoms with van der Waals surface area (Å²) in [4.78, 5) is 39.6. The van der Waals surface area contributed by atoms with Gasteiger partial charge in [0.25, 0.3) is 0 Å². The normalized spacial score (nSPS) is 16.2. The molecule has 4 aromatic rings. The van der Waals surface area contributed by atoms with E-state index in [1.807, 2.05) is 20.8 Å². The summed E-state index contributed by atoms with van der Waals surface area (Å²) in [5, 5.41) is 9.10. The lowest BCUT2D eigenvalue weighted by Crippen LogP contribution is -2.50. The van der Waals surface area contributed by atoms with Crippen LogP contribution in [-0.4, -0.2) is 113 Å². The molecule has 0 bridgehead atoms. The maximum atomic E-state index is 12.4. The Bertz CT molecular complexity index is 1690. The molecule has 2 aliphatic rings. The molecule has 48 heavy (non-hydrogen) atoms. The van der Waals surface area contributed by atoms with Crippen LogP contribution in [0, 0.1) is 5.92 Å². The molecular weight excluding hydrogens is 604 g/mol. The first-order chi connectivity index (χ1) is 23.1. The Morgan fingerprint density at radius 2 is 1.27 bits per heavy atom. The average Bonchev–Trinajstić information content (AvgIpc) is 3.07. The second kappa shape index (κ2) is 14.8. The van der Waals surface area contributed by atoms with Crippen LogP contribution in [0.3, 0.4) is 0 Å². The summed E-state index contributed by atoms with van der Waals surface area (Å²) >= 11 is 0. The predicted octanol–water partition coefficient (Wildman–Crippen LogP) is 5.32. The molecule has 0 spiro atoms. The Hall–Kier alpha value is -4.45. The SMILES string of the molecule is CC(C)CCNc1ncnc2cc(N3CCN(c4ccc5c(NCCN6CCN(C(=O)OC(C)(C)C)CC6)ncnc5c4)CC3)ccc12. The Morgan fingerprint density at radius 1 is 0.750 bits per heavy atom. The Kier molecular flexibility index (Phi) is 10.3. The van der Waals surface area contributed by atoms with Crippen molar-refractivity contribution in [2.24, 2.45) is 5.92 Å². The average molecular weight is 655 g/mol. The summed E-state index contributed by atoms with van der Waals surface area (Å²) in [6.07, 6.45) is 4.17. The van der Waals surface area contributed by atoms with Crippen LogP contribution >= 0.6 is 0 Å². The van der Waals surface area contributed by atoms with E-state index >= 15 is 0 Å². The second-order valence-corrected chi connectivity index (χ2v) is 14.2. The first kappa shape index (κ1) is 33.5. The van der Waals surface area contributed by atoms with Crippen molar-refractivity contribution in [1.29, 1.82) is 0 Å². The fourth-order valence-corrected chi connectivity index (χ4v) is 6.28. The van der Waals surface area contributed by atoms with Crippen molar-refractivity contribution in [3.63, 3.8) is 0 Å². The molecular formula is C36H50N10O2. The Morgan fingerprint density at radius 3 is 1.77 bits per heavy atom. The third-order valence-electron chi connectivity index (χ3n) is 9.01. The van der Waals surface area contributed by atoms with Crippen LogP contribution in [0.5, 0.6) is 0 Å². The van der Waals surface area contributed by atoms with Gasteiger partial charge in [-0.15, -0.1) is 0 Å². The molecule has 2 saturated heterocycles. The van der Waals surface area contributed by atoms with E-state index in [-0.39, 0.29) is 6.09 Å². The molecule has 12 heteroatoms. The van der Waals surface area contributed by atoms with Gasteiger partial charge in [0.15, 0.2) is 0 Å². The van der Waals surface area contributed by atoms with Gasteiger partial charge < -0.3 is 30.1 Å². The Balaban J connectivity index is 1.00. The Labute approximate surface area is 283 Å². The number of nitrogens with zero attached hydrogens (tertiary/aromatic N) is 8. The van der Waals surface area contributed by atoms with Gasteiger partial charge in [-0.2, -0.15) is 0 Å². The van der Waals surface area contributed by atoms with E-state index in [4.69, 9.17) is 4.74 Å². The van der Waals surface area contributed by atoms with E-state index in [2.05, 4.69) is 95.5 Å². The van der Waals surface area contributed by atoms with Crippen LogP contribution in [0.25, 0.3) is 21.8 Å². The summed E-state index contributed by atoms with van der Waals surface area (Å²) in [5.41, 5.74) is 3.81. The lowest BCUT2D eigenvalue weighted by atomic mass is 10.1. The van der Waals surface area contributed by atoms with Gasteiger partial charge >= 0.3 is 6.09 Å². The van der Waals surface area contributed by atoms with Gasteiger partial charge in [-0.3, -0.25) is 4.90 Å². The van der Waals surface area contributed by atoms with E-state index in [0.717, 1.165) is 98.8 Å². The van der Waals surface area contributed by atoms with Gasteiger partial charge in [0.1, 0.15) is 29.9 Å². The van der Waals surface area contributed by atoms with Crippen LogP contribution in [-0.2, 0) is 4.74 Å². The molecule has 0 radical (unpaired) electrons. The summed E-state index contributed by atoms with van der Waals surface area (Å²) in [6, 6.07) is 13.0. The number of carbonyl (C=O) groups is 1. The number of amides is 1. The molecule has 1 amide bonds. The largest absolute Gasteiger partial charge is 0.444 e. The number of rotatable bonds is 10. The third kappa shape index (κ3) is 8.33. The smallest absolute Gasteiger partial charge is 0.410 e. The molecule has 12 nitrogen and oxygen atoms in total. The van der Waals surface area contributed by atoms with Crippen molar-refractivity contribution in [2.75, 3.05) is 92.4 Å². The molecule has 256 valence electrons. The number of fused-ring (bicyclic) bond motifs is 2. The highest BCUT2D eigenvalue weighted by atomic mass is 16.6. The van der Waals surface area contributed by atoms with Crippen LogP contribution < -0.4 is 20.4 Å². The number of benzene rings is 2. The van der Waals surface area contributed by atoms with Crippen LogP contribution in [0.15, 0.2) is 49.1 Å². The van der Waals surface area contributed by atoms with E-state index in [1.54, 1.807) is 17.6 Å². The number of piperazine rings is 2. The zero-order chi connectivity index (χ0) is 33.7. The molecule has 2 N–H and O–H groups in total. The summed E-state index contributed by atoms with van der Waals surface area (Å²) in [5.74, 6) is 2.41. The lowest BCUT2D eigenvalue weighted by Gasteiger charge is -2.37. The van der Waals surface area contributed by atoms with Gasteiger partial charge in [0.05, 0.1) is 11.0 Å². The number of ether oxygens (including phenoxy) is 1. The summed E-state index contributed by atoms with van der Waals surface area (Å²) in [6.45, 7) is 19.4. The first-order valence-corrected chi connectivity index (χ1v) is 17.3. The minimum Gasteiger partial charge on any atom is -0.444 e. The summed E-state index contributed by atoms with van der Waals surface area (Å²) in [7, 11) is 0. The standard InChI is InChI=1S/C36H50N10O2/c1-26(2)10-11-37-33-29-8-6-27(22-31(29)39-24-41-33)44-18-20-45(21-19-44)28-7-9-30-32(23-28)40-25-42-34(30)38-12-13-43-14-16-46(17-15-43)35(47)48-36(3,4)5/h6-9,22-26H,10-21H2,1-5H3,(H,37,39,41)(H,38,40,42). The van der Waals surface area contributed by atoms with Crippen molar-refractivity contribution in [2.45, 2.75) is 46.6 Å². The molecule has 4 heterocycles. The van der Waals surface area contributed by atoms with Gasteiger partial charge in [-0.05, 0) is 69.5 Å². The molecule has 2 aromatic heterocycles. The molecule has 6 rings (SSSR count). The van der Waals surface area contributed by atoms with Gasteiger partial charge in [-0.25, -0.2) is 24.7 Å².